The molecule has 9 nitrogen and oxygen atoms in total. The van der Waals surface area contributed by atoms with Crippen LogP contribution in [0.5, 0.6) is 0 Å². The third-order valence-electron chi connectivity index (χ3n) is 5.16. The molecule has 2 aliphatic rings. The Morgan fingerprint density at radius 1 is 1.14 bits per heavy atom. The highest BCUT2D eigenvalue weighted by Crippen LogP contribution is 2.23. The Morgan fingerprint density at radius 2 is 2.07 bits per heavy atom. The number of anilines is 1. The third-order valence-corrected chi connectivity index (χ3v) is 5.16. The third kappa shape index (κ3) is 3.56. The molecule has 0 bridgehead atoms. The van der Waals surface area contributed by atoms with Crippen molar-refractivity contribution in [2.45, 2.75) is 25.0 Å². The van der Waals surface area contributed by atoms with E-state index in [1.54, 1.807) is 6.20 Å². The second-order valence-corrected chi connectivity index (χ2v) is 7.06. The maximum Gasteiger partial charge on any atom is 0.223 e. The van der Waals surface area contributed by atoms with E-state index in [0.29, 0.717) is 18.6 Å². The summed E-state index contributed by atoms with van der Waals surface area (Å²) in [6.45, 7) is 3.86. The predicted octanol–water partition coefficient (Wildman–Crippen LogP) is 1.44. The number of nitrogens with one attached hydrogen (secondary N) is 2. The molecule has 1 unspecified atom stereocenters. The summed E-state index contributed by atoms with van der Waals surface area (Å²) in [5.41, 5.74) is 2.61. The van der Waals surface area contributed by atoms with E-state index in [4.69, 9.17) is 9.47 Å². The summed E-state index contributed by atoms with van der Waals surface area (Å²) in [5, 5.41) is 15.4. The Labute approximate surface area is 162 Å². The molecular formula is C19H23N7O2. The van der Waals surface area contributed by atoms with Crippen molar-refractivity contribution in [1.82, 2.24) is 29.9 Å². The highest BCUT2D eigenvalue weighted by atomic mass is 16.5. The fourth-order valence-electron chi connectivity index (χ4n) is 3.63. The van der Waals surface area contributed by atoms with E-state index < -0.39 is 0 Å². The van der Waals surface area contributed by atoms with Gasteiger partial charge in [-0.05, 0) is 31.0 Å². The molecule has 2 N–H and O–H groups in total. The molecule has 0 aromatic carbocycles. The number of fused-ring (bicyclic) bond motifs is 1. The molecular weight excluding hydrogens is 358 g/mol. The molecule has 5 rings (SSSR count). The van der Waals surface area contributed by atoms with Crippen LogP contribution in [0.3, 0.4) is 0 Å². The zero-order valence-electron chi connectivity index (χ0n) is 15.5. The molecule has 3 aromatic heterocycles. The van der Waals surface area contributed by atoms with Crippen LogP contribution in [0.15, 0.2) is 30.6 Å². The second kappa shape index (κ2) is 7.78. The Kier molecular flexibility index (Phi) is 4.86. The molecule has 3 aromatic rings. The van der Waals surface area contributed by atoms with Gasteiger partial charge >= 0.3 is 0 Å². The van der Waals surface area contributed by atoms with Gasteiger partial charge in [0.15, 0.2) is 11.5 Å². The Bertz CT molecular complexity index is 948. The highest BCUT2D eigenvalue weighted by Gasteiger charge is 2.21. The maximum atomic E-state index is 5.81. The zero-order chi connectivity index (χ0) is 18.8. The Hall–Kier alpha value is -2.62. The molecule has 28 heavy (non-hydrogen) atoms. The monoisotopic (exact) mass is 381 g/mol. The van der Waals surface area contributed by atoms with Gasteiger partial charge in [0.25, 0.3) is 0 Å². The number of hydrogen-bond donors (Lipinski definition) is 2. The molecule has 2 aliphatic heterocycles. The van der Waals surface area contributed by atoms with Crippen molar-refractivity contribution < 1.29 is 9.47 Å². The molecule has 5 heterocycles. The topological polar surface area (TPSA) is 98.5 Å². The van der Waals surface area contributed by atoms with Crippen LogP contribution < -0.4 is 10.6 Å². The highest BCUT2D eigenvalue weighted by molar-refractivity contribution is 5.64. The van der Waals surface area contributed by atoms with Crippen LogP contribution in [-0.2, 0) is 9.47 Å². The first-order chi connectivity index (χ1) is 13.9. The van der Waals surface area contributed by atoms with Gasteiger partial charge in [-0.15, -0.1) is 10.2 Å². The van der Waals surface area contributed by atoms with Crippen LogP contribution >= 0.6 is 0 Å². The standard InChI is InChI=1S/C19H23N7O2/c1-5-21-19(22-14-3-8-27-9-4-14)23-15(1)13-2-7-26-17(11-13)24-25-18(26)16-12-20-6-10-28-16/h1-2,5,7,11,14,16,20H,3-4,6,8-10,12H2,(H,21,22,23). The molecule has 2 fully saturated rings. The van der Waals surface area contributed by atoms with Crippen LogP contribution in [0.4, 0.5) is 5.95 Å². The quantitative estimate of drug-likeness (QED) is 0.701. The van der Waals surface area contributed by atoms with Crippen molar-refractivity contribution in [3.8, 4) is 11.3 Å². The predicted molar refractivity (Wildman–Crippen MR) is 103 cm³/mol. The number of pyridine rings is 1. The van der Waals surface area contributed by atoms with Crippen LogP contribution in [0.1, 0.15) is 24.8 Å². The van der Waals surface area contributed by atoms with Gasteiger partial charge in [0.05, 0.1) is 12.3 Å². The average Bonchev–Trinajstić information content (AvgIpc) is 3.19. The van der Waals surface area contributed by atoms with Crippen molar-refractivity contribution in [1.29, 1.82) is 0 Å². The summed E-state index contributed by atoms with van der Waals surface area (Å²) in [5.74, 6) is 1.46. The molecule has 2 saturated heterocycles. The molecule has 9 heteroatoms. The van der Waals surface area contributed by atoms with Gasteiger partial charge in [-0.2, -0.15) is 0 Å². The SMILES string of the molecule is c1cc(-c2ccn3c(C4CNCCO4)nnc3c2)nc(NC2CCOCC2)n1. The number of rotatable bonds is 4. The first kappa shape index (κ1) is 17.5. The van der Waals surface area contributed by atoms with Crippen LogP contribution in [0.2, 0.25) is 0 Å². The summed E-state index contributed by atoms with van der Waals surface area (Å²) in [7, 11) is 0. The van der Waals surface area contributed by atoms with Gasteiger partial charge < -0.3 is 20.1 Å². The van der Waals surface area contributed by atoms with E-state index in [2.05, 4.69) is 30.8 Å². The average molecular weight is 381 g/mol. The van der Waals surface area contributed by atoms with Gasteiger partial charge in [-0.3, -0.25) is 4.40 Å². The van der Waals surface area contributed by atoms with Crippen molar-refractivity contribution in [2.24, 2.45) is 0 Å². The van der Waals surface area contributed by atoms with Crippen molar-refractivity contribution in [3.05, 3.63) is 36.4 Å². The number of morpholine rings is 1. The van der Waals surface area contributed by atoms with Crippen molar-refractivity contribution in [3.63, 3.8) is 0 Å². The van der Waals surface area contributed by atoms with E-state index in [1.807, 2.05) is 28.8 Å². The van der Waals surface area contributed by atoms with Crippen LogP contribution in [0, 0.1) is 0 Å². The van der Waals surface area contributed by atoms with Gasteiger partial charge in [0, 0.05) is 50.3 Å². The normalized spacial score (nSPS) is 21.1. The lowest BCUT2D eigenvalue weighted by Gasteiger charge is -2.23. The van der Waals surface area contributed by atoms with E-state index in [1.165, 1.54) is 0 Å². The number of hydrogen-bond acceptors (Lipinski definition) is 8. The van der Waals surface area contributed by atoms with E-state index in [9.17, 15) is 0 Å². The van der Waals surface area contributed by atoms with Gasteiger partial charge in [-0.1, -0.05) is 0 Å². The molecule has 1 atom stereocenters. The summed E-state index contributed by atoms with van der Waals surface area (Å²) < 4.78 is 13.2. The molecule has 0 radical (unpaired) electrons. The first-order valence-electron chi connectivity index (χ1n) is 9.71. The number of nitrogens with zero attached hydrogens (tertiary/aromatic N) is 5. The van der Waals surface area contributed by atoms with Gasteiger partial charge in [-0.25, -0.2) is 9.97 Å². The largest absolute Gasteiger partial charge is 0.381 e. The van der Waals surface area contributed by atoms with Crippen LogP contribution in [0.25, 0.3) is 16.9 Å². The lowest BCUT2D eigenvalue weighted by Crippen LogP contribution is -2.34. The van der Waals surface area contributed by atoms with E-state index in [0.717, 1.165) is 61.9 Å². The van der Waals surface area contributed by atoms with Gasteiger partial charge in [0.1, 0.15) is 6.10 Å². The molecule has 0 aliphatic carbocycles. The van der Waals surface area contributed by atoms with Gasteiger partial charge in [0.2, 0.25) is 5.95 Å². The Morgan fingerprint density at radius 3 is 2.93 bits per heavy atom. The number of aromatic nitrogens is 5. The minimum atomic E-state index is -0.0797. The molecule has 0 amide bonds. The molecule has 0 saturated carbocycles. The summed E-state index contributed by atoms with van der Waals surface area (Å²) in [6.07, 6.45) is 5.63. The minimum Gasteiger partial charge on any atom is -0.381 e. The lowest BCUT2D eigenvalue weighted by atomic mass is 10.1. The van der Waals surface area contributed by atoms with Crippen molar-refractivity contribution >= 4 is 11.6 Å². The summed E-state index contributed by atoms with van der Waals surface area (Å²) in [4.78, 5) is 9.05. The smallest absolute Gasteiger partial charge is 0.223 e. The Balaban J connectivity index is 1.39. The fourth-order valence-corrected chi connectivity index (χ4v) is 3.63. The van der Waals surface area contributed by atoms with Crippen molar-refractivity contribution in [2.75, 3.05) is 38.2 Å². The van der Waals surface area contributed by atoms with Crippen LogP contribution in [-0.4, -0.2) is 63.5 Å². The fraction of sp³-hybridized carbons (Fsp3) is 0.474. The molecule has 146 valence electrons. The molecule has 0 spiro atoms. The second-order valence-electron chi connectivity index (χ2n) is 7.06. The summed E-state index contributed by atoms with van der Waals surface area (Å²) >= 11 is 0. The minimum absolute atomic E-state index is 0.0797. The lowest BCUT2D eigenvalue weighted by molar-refractivity contribution is 0.0215. The van der Waals surface area contributed by atoms with E-state index in [-0.39, 0.29) is 6.10 Å². The first-order valence-corrected chi connectivity index (χ1v) is 9.71. The summed E-state index contributed by atoms with van der Waals surface area (Å²) in [6, 6.07) is 6.28. The zero-order valence-corrected chi connectivity index (χ0v) is 15.5. The maximum absolute atomic E-state index is 5.81. The number of ether oxygens (including phenoxy) is 2. The van der Waals surface area contributed by atoms with E-state index >= 15 is 0 Å².